The molecule has 2 rings (SSSR count). The normalized spacial score (nSPS) is 9.90. The van der Waals surface area contributed by atoms with E-state index in [1.165, 1.54) is 12.0 Å². The zero-order chi connectivity index (χ0) is 14.9. The average molecular weight is 271 g/mol. The van der Waals surface area contributed by atoms with Crippen LogP contribution in [0.5, 0.6) is 0 Å². The lowest BCUT2D eigenvalue weighted by Crippen LogP contribution is -1.78. The van der Waals surface area contributed by atoms with Crippen LogP contribution in [-0.4, -0.2) is 0 Å². The topological polar surface area (TPSA) is 23.8 Å². The minimum absolute atomic E-state index is 0.656. The molecule has 21 heavy (non-hydrogen) atoms. The van der Waals surface area contributed by atoms with Crippen LogP contribution in [0.25, 0.3) is 6.08 Å². The van der Waals surface area contributed by atoms with E-state index < -0.39 is 0 Å². The number of hydrogen-bond acceptors (Lipinski definition) is 1. The Morgan fingerprint density at radius 3 is 1.90 bits per heavy atom. The van der Waals surface area contributed by atoms with Crippen LogP contribution in [0, 0.1) is 23.2 Å². The van der Waals surface area contributed by atoms with Gasteiger partial charge in [-0.15, -0.1) is 0 Å². The van der Waals surface area contributed by atoms with Gasteiger partial charge < -0.3 is 0 Å². The summed E-state index contributed by atoms with van der Waals surface area (Å²) in [6, 6.07) is 17.6. The van der Waals surface area contributed by atoms with Crippen molar-refractivity contribution in [1.29, 1.82) is 5.26 Å². The lowest BCUT2D eigenvalue weighted by atomic mass is 10.1. The van der Waals surface area contributed by atoms with E-state index in [1.807, 2.05) is 24.3 Å². The first-order chi connectivity index (χ1) is 10.3. The molecule has 1 heteroatoms. The third-order valence-electron chi connectivity index (χ3n) is 3.04. The molecule has 2 aromatic rings. The lowest BCUT2D eigenvalue weighted by molar-refractivity contribution is 0.962. The molecule has 0 unspecified atom stereocenters. The minimum Gasteiger partial charge on any atom is -0.192 e. The number of unbranched alkanes of at least 4 members (excludes halogenated alkanes) is 1. The molecule has 1 nitrogen and oxygen atoms in total. The number of nitriles is 1. The Kier molecular flexibility index (Phi) is 5.39. The van der Waals surface area contributed by atoms with Gasteiger partial charge in [-0.05, 0) is 48.4 Å². The van der Waals surface area contributed by atoms with Crippen LogP contribution in [0.3, 0.4) is 0 Å². The summed E-state index contributed by atoms with van der Waals surface area (Å²) < 4.78 is 0. The maximum atomic E-state index is 8.75. The maximum Gasteiger partial charge on any atom is 0.0991 e. The van der Waals surface area contributed by atoms with Gasteiger partial charge in [0.25, 0.3) is 0 Å². The molecule has 0 saturated heterocycles. The molecule has 0 spiro atoms. The van der Waals surface area contributed by atoms with Crippen molar-refractivity contribution >= 4 is 6.08 Å². The van der Waals surface area contributed by atoms with E-state index in [0.29, 0.717) is 5.56 Å². The van der Waals surface area contributed by atoms with Gasteiger partial charge in [0.15, 0.2) is 0 Å². The summed E-state index contributed by atoms with van der Waals surface area (Å²) in [5.74, 6) is 6.24. The van der Waals surface area contributed by atoms with Gasteiger partial charge in [-0.1, -0.05) is 49.5 Å². The molecule has 0 aliphatic rings. The zero-order valence-corrected chi connectivity index (χ0v) is 12.1. The predicted octanol–water partition coefficient (Wildman–Crippen LogP) is 4.77. The average Bonchev–Trinajstić information content (AvgIpc) is 2.55. The molecule has 0 aliphatic carbocycles. The number of rotatable bonds is 3. The van der Waals surface area contributed by atoms with Gasteiger partial charge in [0, 0.05) is 11.1 Å². The van der Waals surface area contributed by atoms with Crippen LogP contribution in [-0.2, 0) is 0 Å². The first-order valence-corrected chi connectivity index (χ1v) is 7.10. The maximum absolute atomic E-state index is 8.75. The zero-order valence-electron chi connectivity index (χ0n) is 12.1. The van der Waals surface area contributed by atoms with Gasteiger partial charge in [-0.2, -0.15) is 5.26 Å². The Morgan fingerprint density at radius 1 is 0.857 bits per heavy atom. The van der Waals surface area contributed by atoms with Gasteiger partial charge in [-0.25, -0.2) is 0 Å². The first kappa shape index (κ1) is 14.6. The molecule has 0 aliphatic heterocycles. The van der Waals surface area contributed by atoms with Crippen molar-refractivity contribution < 1.29 is 0 Å². The van der Waals surface area contributed by atoms with E-state index in [2.05, 4.69) is 49.1 Å². The van der Waals surface area contributed by atoms with E-state index >= 15 is 0 Å². The number of hydrogen-bond donors (Lipinski definition) is 0. The fourth-order valence-corrected chi connectivity index (χ4v) is 1.84. The Labute approximate surface area is 126 Å². The van der Waals surface area contributed by atoms with Gasteiger partial charge in [-0.3, -0.25) is 0 Å². The molecule has 0 saturated carbocycles. The second-order valence-corrected chi connectivity index (χ2v) is 4.75. The molecule has 0 radical (unpaired) electrons. The number of allylic oxidation sites excluding steroid dienone is 1. The Bertz CT molecular complexity index is 702. The van der Waals surface area contributed by atoms with Crippen LogP contribution < -0.4 is 0 Å². The summed E-state index contributed by atoms with van der Waals surface area (Å²) in [6.07, 6.45) is 6.61. The molecule has 0 amide bonds. The monoisotopic (exact) mass is 271 g/mol. The summed E-state index contributed by atoms with van der Waals surface area (Å²) in [4.78, 5) is 0. The fourth-order valence-electron chi connectivity index (χ4n) is 1.84. The van der Waals surface area contributed by atoms with Crippen molar-refractivity contribution in [2.75, 3.05) is 0 Å². The molecule has 0 atom stereocenters. The Balaban J connectivity index is 2.06. The quantitative estimate of drug-likeness (QED) is 0.737. The van der Waals surface area contributed by atoms with Gasteiger partial charge in [0.1, 0.15) is 0 Å². The van der Waals surface area contributed by atoms with E-state index in [-0.39, 0.29) is 0 Å². The minimum atomic E-state index is 0.656. The summed E-state index contributed by atoms with van der Waals surface area (Å²) in [7, 11) is 0. The van der Waals surface area contributed by atoms with Crippen molar-refractivity contribution in [2.45, 2.75) is 19.8 Å². The largest absolute Gasteiger partial charge is 0.192 e. The molecule has 0 N–H and O–H groups in total. The lowest BCUT2D eigenvalue weighted by Gasteiger charge is -1.94. The van der Waals surface area contributed by atoms with Gasteiger partial charge in [0.05, 0.1) is 11.6 Å². The highest BCUT2D eigenvalue weighted by Crippen LogP contribution is 2.07. The predicted molar refractivity (Wildman–Crippen MR) is 87.5 cm³/mol. The molecule has 0 heterocycles. The first-order valence-electron chi connectivity index (χ1n) is 7.10. The van der Waals surface area contributed by atoms with E-state index in [9.17, 15) is 0 Å². The molecule has 2 aromatic carbocycles. The molecule has 102 valence electrons. The van der Waals surface area contributed by atoms with Crippen LogP contribution in [0.4, 0.5) is 0 Å². The summed E-state index contributed by atoms with van der Waals surface area (Å²) in [5, 5.41) is 8.75. The van der Waals surface area contributed by atoms with E-state index in [1.54, 1.807) is 12.1 Å². The van der Waals surface area contributed by atoms with Gasteiger partial charge >= 0.3 is 0 Å². The van der Waals surface area contributed by atoms with Crippen molar-refractivity contribution in [3.8, 4) is 17.9 Å². The Hall–Kier alpha value is -2.77. The SMILES string of the molecule is CCCC=Cc1ccc(C#Cc2ccc(C#N)cc2)cc1. The third-order valence-corrected chi connectivity index (χ3v) is 3.04. The van der Waals surface area contributed by atoms with Crippen molar-refractivity contribution in [2.24, 2.45) is 0 Å². The van der Waals surface area contributed by atoms with Crippen molar-refractivity contribution in [1.82, 2.24) is 0 Å². The molecule has 0 aromatic heterocycles. The second-order valence-electron chi connectivity index (χ2n) is 4.75. The highest BCUT2D eigenvalue weighted by Gasteiger charge is 1.91. The molecular weight excluding hydrogens is 254 g/mol. The summed E-state index contributed by atoms with van der Waals surface area (Å²) in [5.41, 5.74) is 3.77. The van der Waals surface area contributed by atoms with Crippen molar-refractivity contribution in [3.05, 3.63) is 76.9 Å². The van der Waals surface area contributed by atoms with Crippen LogP contribution in [0.15, 0.2) is 54.6 Å². The molecule has 0 bridgehead atoms. The van der Waals surface area contributed by atoms with Crippen LogP contribution in [0.2, 0.25) is 0 Å². The van der Waals surface area contributed by atoms with E-state index in [4.69, 9.17) is 5.26 Å². The third kappa shape index (κ3) is 4.68. The van der Waals surface area contributed by atoms with Crippen LogP contribution in [0.1, 0.15) is 42.0 Å². The van der Waals surface area contributed by atoms with E-state index in [0.717, 1.165) is 17.5 Å². The summed E-state index contributed by atoms with van der Waals surface area (Å²) in [6.45, 7) is 2.17. The van der Waals surface area contributed by atoms with Gasteiger partial charge in [0.2, 0.25) is 0 Å². The number of benzene rings is 2. The summed E-state index contributed by atoms with van der Waals surface area (Å²) >= 11 is 0. The highest BCUT2D eigenvalue weighted by molar-refractivity contribution is 5.52. The molecule has 0 fully saturated rings. The standard InChI is InChI=1S/C20H17N/c1-2-3-4-5-17-6-8-18(9-7-17)10-11-19-12-14-20(16-21)15-13-19/h4-9,12-15H,2-3H2,1H3. The Morgan fingerprint density at radius 2 is 1.38 bits per heavy atom. The molecular formula is C20H17N. The smallest absolute Gasteiger partial charge is 0.0991 e. The fraction of sp³-hybridized carbons (Fsp3) is 0.150. The second kappa shape index (κ2) is 7.73. The highest BCUT2D eigenvalue weighted by atomic mass is 14.2. The number of nitrogens with zero attached hydrogens (tertiary/aromatic N) is 1. The van der Waals surface area contributed by atoms with Crippen molar-refractivity contribution in [3.63, 3.8) is 0 Å². The van der Waals surface area contributed by atoms with Crippen LogP contribution >= 0.6 is 0 Å².